The highest BCUT2D eigenvalue weighted by Gasteiger charge is 2.11. The van der Waals surface area contributed by atoms with E-state index in [0.29, 0.717) is 11.5 Å². The molecule has 1 N–H and O–H groups in total. The first-order chi connectivity index (χ1) is 8.88. The first-order valence-corrected chi connectivity index (χ1v) is 9.37. The van der Waals surface area contributed by atoms with E-state index in [0.717, 1.165) is 25.6 Å². The van der Waals surface area contributed by atoms with Crippen LogP contribution < -0.4 is 4.74 Å². The Kier molecular flexibility index (Phi) is 5.86. The molecule has 0 fully saturated rings. The predicted octanol–water partition coefficient (Wildman–Crippen LogP) is 5.79. The van der Waals surface area contributed by atoms with Gasteiger partial charge >= 0.3 is 0 Å². The van der Waals surface area contributed by atoms with Crippen molar-refractivity contribution in [3.63, 3.8) is 0 Å². The molecule has 0 spiro atoms. The molecule has 0 saturated heterocycles. The molecule has 0 bridgehead atoms. The Hall–Kier alpha value is 0.960. The third-order valence-corrected chi connectivity index (χ3v) is 5.36. The van der Waals surface area contributed by atoms with Crippen molar-refractivity contribution in [3.8, 4) is 17.2 Å². The van der Waals surface area contributed by atoms with Crippen molar-refractivity contribution in [2.24, 2.45) is 0 Å². The van der Waals surface area contributed by atoms with Crippen LogP contribution in [0.1, 0.15) is 5.56 Å². The molecule has 0 saturated carbocycles. The quantitative estimate of drug-likeness (QED) is 0.403. The fraction of sp³-hybridized carbons (Fsp3) is 0. The van der Waals surface area contributed by atoms with E-state index in [9.17, 15) is 5.11 Å². The molecule has 99 valence electrons. The van der Waals surface area contributed by atoms with Gasteiger partial charge in [0.2, 0.25) is 0 Å². The smallest absolute Gasteiger partial charge is 0.144 e. The van der Waals surface area contributed by atoms with Gasteiger partial charge in [-0.2, -0.15) is 0 Å². The van der Waals surface area contributed by atoms with Crippen molar-refractivity contribution in [2.45, 2.75) is 0 Å². The van der Waals surface area contributed by atoms with Crippen LogP contribution in [0.15, 0.2) is 24.3 Å². The monoisotopic (exact) mass is 703 g/mol. The van der Waals surface area contributed by atoms with Gasteiger partial charge in [0.15, 0.2) is 0 Å². The summed E-state index contributed by atoms with van der Waals surface area (Å²) in [6.45, 7) is 4.01. The summed E-state index contributed by atoms with van der Waals surface area (Å²) in [4.78, 5) is 0. The third kappa shape index (κ3) is 3.99. The Balaban J connectivity index is 2.42. The second-order valence-electron chi connectivity index (χ2n) is 3.71. The molecule has 2 aromatic rings. The number of phenolic OH excluding ortho intramolecular Hbond substituents is 1. The number of phenols is 1. The summed E-state index contributed by atoms with van der Waals surface area (Å²) in [7, 11) is 0. The summed E-state index contributed by atoms with van der Waals surface area (Å²) in [5, 5.41) is 9.76. The number of hydrogen-bond donors (Lipinski definition) is 1. The molecule has 1 radical (unpaired) electrons. The van der Waals surface area contributed by atoms with Crippen LogP contribution in [0, 0.1) is 21.2 Å². The molecule has 0 aliphatic rings. The van der Waals surface area contributed by atoms with Gasteiger partial charge in [0.1, 0.15) is 17.2 Å². The average molecular weight is 703 g/mol. The van der Waals surface area contributed by atoms with Gasteiger partial charge in [-0.3, -0.25) is 0 Å². The van der Waals surface area contributed by atoms with E-state index in [2.05, 4.69) is 97.3 Å². The van der Waals surface area contributed by atoms with E-state index in [4.69, 9.17) is 4.74 Å². The van der Waals surface area contributed by atoms with E-state index < -0.39 is 0 Å². The standard InChI is InChI=1S/C13H7I4O2/c1-6-2-7(14)3-11(17)13(6)19-8-4-9(15)12(18)10(16)5-8/h2-5,18H,1H2. The number of hydrogen-bond acceptors (Lipinski definition) is 2. The highest BCUT2D eigenvalue weighted by Crippen LogP contribution is 2.36. The second kappa shape index (κ2) is 6.81. The van der Waals surface area contributed by atoms with Crippen LogP contribution in [-0.4, -0.2) is 5.11 Å². The van der Waals surface area contributed by atoms with Crippen LogP contribution in [0.4, 0.5) is 0 Å². The molecule has 0 amide bonds. The van der Waals surface area contributed by atoms with Gasteiger partial charge in [-0.05, 0) is 127 Å². The zero-order chi connectivity index (χ0) is 14.2. The van der Waals surface area contributed by atoms with Crippen LogP contribution in [0.3, 0.4) is 0 Å². The van der Waals surface area contributed by atoms with E-state index in [-0.39, 0.29) is 0 Å². The second-order valence-corrected chi connectivity index (χ2v) is 8.45. The molecular formula is C13H7I4O2. The van der Waals surface area contributed by atoms with E-state index in [1.54, 1.807) is 0 Å². The van der Waals surface area contributed by atoms with Gasteiger partial charge < -0.3 is 9.84 Å². The average Bonchev–Trinajstić information content (AvgIpc) is 2.30. The molecule has 0 aliphatic carbocycles. The Bertz CT molecular complexity index is 595. The van der Waals surface area contributed by atoms with Crippen molar-refractivity contribution in [1.82, 2.24) is 0 Å². The number of benzene rings is 2. The molecule has 2 rings (SSSR count). The minimum absolute atomic E-state index is 0.292. The maximum atomic E-state index is 9.76. The van der Waals surface area contributed by atoms with Gasteiger partial charge in [0.05, 0.1) is 10.7 Å². The third-order valence-electron chi connectivity index (χ3n) is 2.30. The number of ether oxygens (including phenoxy) is 1. The molecule has 2 nitrogen and oxygen atoms in total. The van der Waals surface area contributed by atoms with Crippen LogP contribution in [0.25, 0.3) is 0 Å². The molecule has 0 unspecified atom stereocenters. The fourth-order valence-electron chi connectivity index (χ4n) is 1.45. The lowest BCUT2D eigenvalue weighted by Crippen LogP contribution is -1.93. The fourth-order valence-corrected chi connectivity index (χ4v) is 5.23. The number of halogens is 4. The normalized spacial score (nSPS) is 10.6. The molecule has 6 heteroatoms. The maximum Gasteiger partial charge on any atom is 0.144 e. The summed E-state index contributed by atoms with van der Waals surface area (Å²) in [5.74, 6) is 1.76. The molecule has 2 aromatic carbocycles. The van der Waals surface area contributed by atoms with Crippen LogP contribution >= 0.6 is 90.4 Å². The summed E-state index contributed by atoms with van der Waals surface area (Å²) in [6.07, 6.45) is 0. The summed E-state index contributed by atoms with van der Waals surface area (Å²) >= 11 is 8.67. The van der Waals surface area contributed by atoms with Crippen molar-refractivity contribution in [1.29, 1.82) is 0 Å². The summed E-state index contributed by atoms with van der Waals surface area (Å²) in [5.41, 5.74) is 0.856. The molecular weight excluding hydrogens is 696 g/mol. The Morgan fingerprint density at radius 3 is 2.00 bits per heavy atom. The SMILES string of the molecule is [CH2]c1cc(I)cc(I)c1Oc1cc(I)c(O)c(I)c1. The number of aromatic hydroxyl groups is 1. The van der Waals surface area contributed by atoms with Gasteiger partial charge in [0.25, 0.3) is 0 Å². The first kappa shape index (κ1) is 16.3. The van der Waals surface area contributed by atoms with E-state index in [1.165, 1.54) is 0 Å². The van der Waals surface area contributed by atoms with Gasteiger partial charge in [-0.15, -0.1) is 0 Å². The Morgan fingerprint density at radius 1 is 0.895 bits per heavy atom. The lowest BCUT2D eigenvalue weighted by atomic mass is 10.2. The lowest BCUT2D eigenvalue weighted by Gasteiger charge is -2.12. The van der Waals surface area contributed by atoms with Crippen LogP contribution in [-0.2, 0) is 0 Å². The summed E-state index contributed by atoms with van der Waals surface area (Å²) in [6, 6.07) is 7.65. The largest absolute Gasteiger partial charge is 0.506 e. The summed E-state index contributed by atoms with van der Waals surface area (Å²) < 4.78 is 9.61. The molecule has 0 heterocycles. The van der Waals surface area contributed by atoms with Crippen molar-refractivity contribution < 1.29 is 9.84 Å². The highest BCUT2D eigenvalue weighted by atomic mass is 127. The van der Waals surface area contributed by atoms with Gasteiger partial charge in [-0.25, -0.2) is 0 Å². The van der Waals surface area contributed by atoms with E-state index in [1.807, 2.05) is 24.3 Å². The first-order valence-electron chi connectivity index (χ1n) is 5.05. The van der Waals surface area contributed by atoms with E-state index >= 15 is 0 Å². The minimum Gasteiger partial charge on any atom is -0.506 e. The topological polar surface area (TPSA) is 29.5 Å². The maximum absolute atomic E-state index is 9.76. The zero-order valence-electron chi connectivity index (χ0n) is 9.38. The minimum atomic E-state index is 0.292. The molecule has 19 heavy (non-hydrogen) atoms. The molecule has 0 aliphatic heterocycles. The lowest BCUT2D eigenvalue weighted by molar-refractivity contribution is 0.455. The Labute approximate surface area is 166 Å². The van der Waals surface area contributed by atoms with Crippen LogP contribution in [0.5, 0.6) is 17.2 Å². The van der Waals surface area contributed by atoms with Crippen molar-refractivity contribution >= 4 is 90.4 Å². The van der Waals surface area contributed by atoms with Crippen molar-refractivity contribution in [2.75, 3.05) is 0 Å². The van der Waals surface area contributed by atoms with Gasteiger partial charge in [0, 0.05) is 3.57 Å². The van der Waals surface area contributed by atoms with Gasteiger partial charge in [-0.1, -0.05) is 0 Å². The van der Waals surface area contributed by atoms with Crippen molar-refractivity contribution in [3.05, 3.63) is 51.0 Å². The molecule has 0 atom stereocenters. The number of rotatable bonds is 2. The molecule has 0 aromatic heterocycles. The van der Waals surface area contributed by atoms with Crippen LogP contribution in [0.2, 0.25) is 0 Å². The highest BCUT2D eigenvalue weighted by molar-refractivity contribution is 14.1. The predicted molar refractivity (Wildman–Crippen MR) is 110 cm³/mol. The zero-order valence-corrected chi connectivity index (χ0v) is 18.0. The Morgan fingerprint density at radius 2 is 1.47 bits per heavy atom.